The molecule has 1 heterocycles. The van der Waals surface area contributed by atoms with Gasteiger partial charge in [-0.25, -0.2) is 4.57 Å². The van der Waals surface area contributed by atoms with E-state index >= 15 is 0 Å². The summed E-state index contributed by atoms with van der Waals surface area (Å²) in [7, 11) is 2.15. The van der Waals surface area contributed by atoms with E-state index in [4.69, 9.17) is 0 Å². The number of aryl methyl sites for hydroxylation is 2. The minimum absolute atomic E-state index is 0.577. The quantitative estimate of drug-likeness (QED) is 0.267. The van der Waals surface area contributed by atoms with E-state index in [-0.39, 0.29) is 0 Å². The van der Waals surface area contributed by atoms with E-state index in [2.05, 4.69) is 130 Å². The average Bonchev–Trinajstić information content (AvgIpc) is 3.14. The van der Waals surface area contributed by atoms with E-state index in [0.717, 1.165) is 12.8 Å². The summed E-state index contributed by atoms with van der Waals surface area (Å²) in [4.78, 5) is 0. The Morgan fingerprint density at radius 1 is 0.758 bits per heavy atom. The lowest BCUT2D eigenvalue weighted by atomic mass is 9.90. The van der Waals surface area contributed by atoms with Crippen LogP contribution in [0.4, 0.5) is 0 Å². The zero-order valence-corrected chi connectivity index (χ0v) is 21.0. The number of imidazole rings is 1. The van der Waals surface area contributed by atoms with Gasteiger partial charge in [0.1, 0.15) is 18.1 Å². The minimum atomic E-state index is 0.577. The molecule has 33 heavy (non-hydrogen) atoms. The summed E-state index contributed by atoms with van der Waals surface area (Å²) >= 11 is 0. The zero-order valence-electron chi connectivity index (χ0n) is 21.0. The van der Waals surface area contributed by atoms with Crippen molar-refractivity contribution in [1.29, 1.82) is 0 Å². The van der Waals surface area contributed by atoms with E-state index in [1.807, 2.05) is 0 Å². The zero-order chi connectivity index (χ0) is 23.5. The Hall–Kier alpha value is -3.13. The van der Waals surface area contributed by atoms with Gasteiger partial charge in [0, 0.05) is 11.1 Å². The molecule has 0 aliphatic carbocycles. The standard InChI is InChI=1S/C31H37N2/c1-22(2)18-27-20-26(25-13-8-7-9-14-25)21-28(19-23(3)4)30(27)33-17-16-32(6)31(33)29-15-11-10-12-24(29)5/h7-17,20-23H,18-19H2,1-6H3/q+1. The molecule has 0 N–H and O–H groups in total. The second-order valence-electron chi connectivity index (χ2n) is 10.1. The number of benzene rings is 3. The van der Waals surface area contributed by atoms with Crippen molar-refractivity contribution < 1.29 is 4.57 Å². The molecule has 0 amide bonds. The third kappa shape index (κ3) is 4.95. The van der Waals surface area contributed by atoms with Crippen LogP contribution < -0.4 is 4.57 Å². The number of hydrogen-bond donors (Lipinski definition) is 0. The van der Waals surface area contributed by atoms with Crippen molar-refractivity contribution in [2.24, 2.45) is 18.9 Å². The maximum absolute atomic E-state index is 2.44. The molecule has 0 radical (unpaired) electrons. The maximum atomic E-state index is 2.44. The van der Waals surface area contributed by atoms with E-state index in [9.17, 15) is 0 Å². The average molecular weight is 438 g/mol. The summed E-state index contributed by atoms with van der Waals surface area (Å²) < 4.78 is 4.69. The predicted molar refractivity (Wildman–Crippen MR) is 140 cm³/mol. The lowest BCUT2D eigenvalue weighted by molar-refractivity contribution is -0.659. The molecular weight excluding hydrogens is 400 g/mol. The van der Waals surface area contributed by atoms with Crippen LogP contribution in [-0.2, 0) is 19.9 Å². The summed E-state index contributed by atoms with van der Waals surface area (Å²) in [6.45, 7) is 11.5. The first-order valence-corrected chi connectivity index (χ1v) is 12.2. The number of aromatic nitrogens is 2. The topological polar surface area (TPSA) is 8.81 Å². The van der Waals surface area contributed by atoms with Crippen molar-refractivity contribution in [2.75, 3.05) is 0 Å². The van der Waals surface area contributed by atoms with Crippen LogP contribution in [0.15, 0.2) is 79.1 Å². The van der Waals surface area contributed by atoms with Gasteiger partial charge in [0.25, 0.3) is 5.82 Å². The van der Waals surface area contributed by atoms with Gasteiger partial charge in [0.15, 0.2) is 0 Å². The lowest BCUT2D eigenvalue weighted by Gasteiger charge is -2.19. The number of nitrogens with zero attached hydrogens (tertiary/aromatic N) is 2. The summed E-state index contributed by atoms with van der Waals surface area (Å²) in [5.74, 6) is 2.39. The Morgan fingerprint density at radius 2 is 1.33 bits per heavy atom. The van der Waals surface area contributed by atoms with Crippen LogP contribution in [-0.4, -0.2) is 4.57 Å². The van der Waals surface area contributed by atoms with E-state index in [1.54, 1.807) is 0 Å². The summed E-state index contributed by atoms with van der Waals surface area (Å²) in [5.41, 5.74) is 9.39. The minimum Gasteiger partial charge on any atom is -0.232 e. The normalized spacial score (nSPS) is 11.5. The Balaban J connectivity index is 2.01. The van der Waals surface area contributed by atoms with E-state index < -0.39 is 0 Å². The smallest absolute Gasteiger partial charge is 0.232 e. The molecule has 0 spiro atoms. The molecule has 0 bridgehead atoms. The number of hydrogen-bond acceptors (Lipinski definition) is 0. The highest BCUT2D eigenvalue weighted by atomic mass is 15.1. The molecule has 170 valence electrons. The largest absolute Gasteiger partial charge is 0.294 e. The molecule has 0 saturated heterocycles. The van der Waals surface area contributed by atoms with Crippen molar-refractivity contribution in [3.63, 3.8) is 0 Å². The van der Waals surface area contributed by atoms with Gasteiger partial charge in [-0.1, -0.05) is 76.2 Å². The van der Waals surface area contributed by atoms with Crippen molar-refractivity contribution in [1.82, 2.24) is 4.57 Å². The van der Waals surface area contributed by atoms with Crippen LogP contribution in [0.1, 0.15) is 44.4 Å². The first-order chi connectivity index (χ1) is 15.8. The van der Waals surface area contributed by atoms with Crippen molar-refractivity contribution in [3.05, 3.63) is 95.8 Å². The fraction of sp³-hybridized carbons (Fsp3) is 0.323. The molecule has 0 aliphatic rings. The Morgan fingerprint density at radius 3 is 1.91 bits per heavy atom. The Labute approximate surface area is 199 Å². The SMILES string of the molecule is Cc1ccccc1-c1n(-c2c(CC(C)C)cc(-c3ccccc3)cc2CC(C)C)cc[n+]1C. The van der Waals surface area contributed by atoms with Crippen LogP contribution in [0.3, 0.4) is 0 Å². The molecule has 0 unspecified atom stereocenters. The van der Waals surface area contributed by atoms with Crippen LogP contribution in [0, 0.1) is 18.8 Å². The predicted octanol–water partition coefficient (Wildman–Crippen LogP) is 7.34. The van der Waals surface area contributed by atoms with Gasteiger partial charge in [-0.05, 0) is 66.5 Å². The first kappa shape index (κ1) is 23.0. The molecule has 0 saturated carbocycles. The van der Waals surface area contributed by atoms with Crippen LogP contribution in [0.5, 0.6) is 0 Å². The van der Waals surface area contributed by atoms with Gasteiger partial charge < -0.3 is 0 Å². The van der Waals surface area contributed by atoms with Gasteiger partial charge in [-0.15, -0.1) is 0 Å². The summed E-state index contributed by atoms with van der Waals surface area (Å²) in [6.07, 6.45) is 6.53. The highest BCUT2D eigenvalue weighted by molar-refractivity contribution is 5.70. The highest BCUT2D eigenvalue weighted by Gasteiger charge is 2.26. The van der Waals surface area contributed by atoms with Crippen molar-refractivity contribution in [3.8, 4) is 28.2 Å². The van der Waals surface area contributed by atoms with E-state index in [1.165, 1.54) is 44.9 Å². The van der Waals surface area contributed by atoms with Gasteiger partial charge in [-0.2, -0.15) is 4.57 Å². The number of rotatable bonds is 7. The van der Waals surface area contributed by atoms with Crippen molar-refractivity contribution in [2.45, 2.75) is 47.5 Å². The Kier molecular flexibility index (Phi) is 6.83. The molecule has 0 fully saturated rings. The Bertz CT molecular complexity index is 1200. The summed E-state index contributed by atoms with van der Waals surface area (Å²) in [5, 5.41) is 0. The second kappa shape index (κ2) is 9.79. The maximum Gasteiger partial charge on any atom is 0.294 e. The molecule has 2 nitrogen and oxygen atoms in total. The van der Waals surface area contributed by atoms with Gasteiger partial charge in [-0.3, -0.25) is 0 Å². The molecule has 2 heteroatoms. The van der Waals surface area contributed by atoms with Crippen LogP contribution in [0.2, 0.25) is 0 Å². The molecule has 4 rings (SSSR count). The van der Waals surface area contributed by atoms with Gasteiger partial charge in [0.2, 0.25) is 0 Å². The lowest BCUT2D eigenvalue weighted by Crippen LogP contribution is -2.29. The molecule has 4 aromatic rings. The molecule has 0 aliphatic heterocycles. The fourth-order valence-corrected chi connectivity index (χ4v) is 4.86. The fourth-order valence-electron chi connectivity index (χ4n) is 4.86. The molecule has 1 aromatic heterocycles. The van der Waals surface area contributed by atoms with E-state index in [0.29, 0.717) is 11.8 Å². The molecular formula is C31H37N2+. The third-order valence-electron chi connectivity index (χ3n) is 6.26. The monoisotopic (exact) mass is 437 g/mol. The van der Waals surface area contributed by atoms with Crippen LogP contribution in [0.25, 0.3) is 28.2 Å². The van der Waals surface area contributed by atoms with Gasteiger partial charge in [0.05, 0.1) is 12.6 Å². The molecule has 3 aromatic carbocycles. The molecule has 0 atom stereocenters. The van der Waals surface area contributed by atoms with Crippen molar-refractivity contribution >= 4 is 0 Å². The van der Waals surface area contributed by atoms with Gasteiger partial charge >= 0.3 is 0 Å². The summed E-state index contributed by atoms with van der Waals surface area (Å²) in [6, 6.07) is 24.4. The first-order valence-electron chi connectivity index (χ1n) is 12.2. The second-order valence-corrected chi connectivity index (χ2v) is 10.1. The third-order valence-corrected chi connectivity index (χ3v) is 6.26. The highest BCUT2D eigenvalue weighted by Crippen LogP contribution is 2.34. The van der Waals surface area contributed by atoms with Crippen LogP contribution >= 0.6 is 0 Å².